The molecule has 1 unspecified atom stereocenters. The zero-order chi connectivity index (χ0) is 18.9. The lowest BCUT2D eigenvalue weighted by Crippen LogP contribution is -2.36. The number of amides is 1. The number of carbonyl (C=O) groups excluding carboxylic acids is 1. The monoisotopic (exact) mass is 371 g/mol. The van der Waals surface area contributed by atoms with E-state index in [1.807, 2.05) is 18.2 Å². The van der Waals surface area contributed by atoms with Crippen LogP contribution < -0.4 is 15.5 Å². The lowest BCUT2D eigenvalue weighted by atomic mass is 9.93. The molecule has 7 heteroatoms. The Morgan fingerprint density at radius 1 is 1.41 bits per heavy atom. The fraction of sp³-hybridized carbons (Fsp3) is 0.550. The van der Waals surface area contributed by atoms with Crippen LogP contribution in [-0.4, -0.2) is 35.5 Å². The fourth-order valence-electron chi connectivity index (χ4n) is 3.40. The normalized spacial score (nSPS) is 16.9. The number of furan rings is 1. The molecular weight excluding hydrogens is 342 g/mol. The third-order valence-corrected chi connectivity index (χ3v) is 4.87. The molecule has 0 saturated carbocycles. The first-order valence-electron chi connectivity index (χ1n) is 9.84. The number of nitrogens with zero attached hydrogens (tertiary/aromatic N) is 3. The van der Waals surface area contributed by atoms with E-state index in [2.05, 4.69) is 32.4 Å². The predicted octanol–water partition coefficient (Wildman–Crippen LogP) is 3.20. The van der Waals surface area contributed by atoms with Crippen LogP contribution in [0.1, 0.15) is 44.8 Å². The van der Waals surface area contributed by atoms with Gasteiger partial charge in [-0.2, -0.15) is 0 Å². The lowest BCUT2D eigenvalue weighted by Gasteiger charge is -2.33. The van der Waals surface area contributed by atoms with Crippen LogP contribution in [0.15, 0.2) is 35.2 Å². The van der Waals surface area contributed by atoms with Crippen molar-refractivity contribution in [1.29, 1.82) is 0 Å². The Morgan fingerprint density at radius 2 is 2.33 bits per heavy atom. The van der Waals surface area contributed by atoms with E-state index in [0.717, 1.165) is 62.7 Å². The van der Waals surface area contributed by atoms with Gasteiger partial charge in [-0.1, -0.05) is 6.92 Å². The summed E-state index contributed by atoms with van der Waals surface area (Å²) in [5, 5.41) is 6.23. The first-order valence-corrected chi connectivity index (χ1v) is 9.84. The van der Waals surface area contributed by atoms with Crippen LogP contribution in [0.25, 0.3) is 0 Å². The number of piperidine rings is 1. The second-order valence-electron chi connectivity index (χ2n) is 7.04. The molecule has 2 aromatic heterocycles. The number of anilines is 2. The van der Waals surface area contributed by atoms with Gasteiger partial charge in [0.15, 0.2) is 0 Å². The van der Waals surface area contributed by atoms with Gasteiger partial charge in [-0.05, 0) is 43.7 Å². The summed E-state index contributed by atoms with van der Waals surface area (Å²) in [6.07, 6.45) is 8.04. The molecule has 2 aromatic rings. The Labute approximate surface area is 160 Å². The molecule has 0 spiro atoms. The number of rotatable bonds is 9. The minimum absolute atomic E-state index is 0.0802. The van der Waals surface area contributed by atoms with Crippen molar-refractivity contribution >= 4 is 17.5 Å². The summed E-state index contributed by atoms with van der Waals surface area (Å²) in [6.45, 7) is 5.44. The maximum atomic E-state index is 12.1. The number of hydrogen-bond donors (Lipinski definition) is 2. The summed E-state index contributed by atoms with van der Waals surface area (Å²) in [5.74, 6) is 3.21. The first kappa shape index (κ1) is 19.2. The van der Waals surface area contributed by atoms with Crippen LogP contribution in [0.5, 0.6) is 0 Å². The van der Waals surface area contributed by atoms with Crippen molar-refractivity contribution in [2.24, 2.45) is 5.92 Å². The summed E-state index contributed by atoms with van der Waals surface area (Å²) in [4.78, 5) is 23.1. The van der Waals surface area contributed by atoms with Gasteiger partial charge in [0, 0.05) is 32.1 Å². The van der Waals surface area contributed by atoms with Gasteiger partial charge in [0.05, 0.1) is 12.8 Å². The maximum Gasteiger partial charge on any atom is 0.220 e. The van der Waals surface area contributed by atoms with Gasteiger partial charge in [0.2, 0.25) is 5.91 Å². The number of aromatic nitrogens is 2. The predicted molar refractivity (Wildman–Crippen MR) is 106 cm³/mol. The molecule has 3 rings (SSSR count). The van der Waals surface area contributed by atoms with E-state index in [1.165, 1.54) is 0 Å². The first-order chi connectivity index (χ1) is 13.2. The van der Waals surface area contributed by atoms with Gasteiger partial charge < -0.3 is 20.0 Å². The molecule has 0 aromatic carbocycles. The van der Waals surface area contributed by atoms with Gasteiger partial charge in [-0.3, -0.25) is 4.79 Å². The van der Waals surface area contributed by atoms with E-state index in [4.69, 9.17) is 4.42 Å². The minimum Gasteiger partial charge on any atom is -0.467 e. The molecule has 27 heavy (non-hydrogen) atoms. The second-order valence-corrected chi connectivity index (χ2v) is 7.04. The highest BCUT2D eigenvalue weighted by molar-refractivity contribution is 5.75. The molecule has 1 aliphatic rings. The van der Waals surface area contributed by atoms with Crippen LogP contribution in [0.4, 0.5) is 11.6 Å². The Balaban J connectivity index is 1.45. The van der Waals surface area contributed by atoms with Crippen molar-refractivity contribution in [3.63, 3.8) is 0 Å². The van der Waals surface area contributed by atoms with Crippen LogP contribution in [-0.2, 0) is 11.3 Å². The van der Waals surface area contributed by atoms with E-state index in [9.17, 15) is 4.79 Å². The highest BCUT2D eigenvalue weighted by atomic mass is 16.3. The van der Waals surface area contributed by atoms with E-state index in [-0.39, 0.29) is 5.91 Å². The largest absolute Gasteiger partial charge is 0.467 e. The van der Waals surface area contributed by atoms with Gasteiger partial charge in [-0.25, -0.2) is 9.97 Å². The highest BCUT2D eigenvalue weighted by Crippen LogP contribution is 2.25. The summed E-state index contributed by atoms with van der Waals surface area (Å²) in [6, 6.07) is 5.72. The summed E-state index contributed by atoms with van der Waals surface area (Å²) >= 11 is 0. The molecule has 1 fully saturated rings. The number of carbonyl (C=O) groups is 1. The van der Waals surface area contributed by atoms with E-state index in [0.29, 0.717) is 18.9 Å². The van der Waals surface area contributed by atoms with Gasteiger partial charge in [0.25, 0.3) is 0 Å². The summed E-state index contributed by atoms with van der Waals surface area (Å²) in [5.41, 5.74) is 0. The van der Waals surface area contributed by atoms with Crippen molar-refractivity contribution in [1.82, 2.24) is 15.3 Å². The third-order valence-electron chi connectivity index (χ3n) is 4.87. The molecule has 0 radical (unpaired) electrons. The molecule has 1 atom stereocenters. The standard InChI is InChI=1S/C20H29N5O2/c1-2-9-21-18-12-19(24-15-23-18)25-10-3-5-16(14-25)7-8-20(26)22-13-17-6-4-11-27-17/h4,6,11-12,15-16H,2-3,5,7-10,13-14H2,1H3,(H,22,26)(H,21,23,24). The van der Waals surface area contributed by atoms with E-state index < -0.39 is 0 Å². The molecule has 7 nitrogen and oxygen atoms in total. The SMILES string of the molecule is CCCNc1cc(N2CCCC(CCC(=O)NCc3ccco3)C2)ncn1. The molecule has 1 saturated heterocycles. The molecule has 3 heterocycles. The number of hydrogen-bond acceptors (Lipinski definition) is 6. The van der Waals surface area contributed by atoms with Crippen molar-refractivity contribution in [3.05, 3.63) is 36.5 Å². The van der Waals surface area contributed by atoms with Gasteiger partial charge >= 0.3 is 0 Å². The quantitative estimate of drug-likeness (QED) is 0.704. The Morgan fingerprint density at radius 3 is 3.15 bits per heavy atom. The smallest absolute Gasteiger partial charge is 0.220 e. The van der Waals surface area contributed by atoms with Crippen LogP contribution in [0, 0.1) is 5.92 Å². The zero-order valence-electron chi connectivity index (χ0n) is 16.0. The average molecular weight is 371 g/mol. The molecule has 0 bridgehead atoms. The average Bonchev–Trinajstić information content (AvgIpc) is 3.23. The summed E-state index contributed by atoms with van der Waals surface area (Å²) < 4.78 is 5.24. The fourth-order valence-corrected chi connectivity index (χ4v) is 3.40. The summed E-state index contributed by atoms with van der Waals surface area (Å²) in [7, 11) is 0. The topological polar surface area (TPSA) is 83.3 Å². The molecule has 146 valence electrons. The van der Waals surface area contributed by atoms with E-state index in [1.54, 1.807) is 12.6 Å². The van der Waals surface area contributed by atoms with Crippen molar-refractivity contribution < 1.29 is 9.21 Å². The Bertz CT molecular complexity index is 704. The molecule has 2 N–H and O–H groups in total. The Hall–Kier alpha value is -2.57. The van der Waals surface area contributed by atoms with Gasteiger partial charge in [0.1, 0.15) is 23.7 Å². The van der Waals surface area contributed by atoms with Crippen LogP contribution in [0.2, 0.25) is 0 Å². The maximum absolute atomic E-state index is 12.1. The zero-order valence-corrected chi connectivity index (χ0v) is 16.0. The number of nitrogens with one attached hydrogen (secondary N) is 2. The molecule has 1 aliphatic heterocycles. The highest BCUT2D eigenvalue weighted by Gasteiger charge is 2.22. The molecule has 0 aliphatic carbocycles. The van der Waals surface area contributed by atoms with Crippen molar-refractivity contribution in [3.8, 4) is 0 Å². The third kappa shape index (κ3) is 5.98. The van der Waals surface area contributed by atoms with Crippen LogP contribution >= 0.6 is 0 Å². The lowest BCUT2D eigenvalue weighted by molar-refractivity contribution is -0.121. The van der Waals surface area contributed by atoms with Crippen molar-refractivity contribution in [2.45, 2.75) is 45.6 Å². The Kier molecular flexibility index (Phi) is 7.07. The van der Waals surface area contributed by atoms with Crippen LogP contribution in [0.3, 0.4) is 0 Å². The van der Waals surface area contributed by atoms with Gasteiger partial charge in [-0.15, -0.1) is 0 Å². The second kappa shape index (κ2) is 9.94. The van der Waals surface area contributed by atoms with Crippen molar-refractivity contribution in [2.75, 3.05) is 29.9 Å². The van der Waals surface area contributed by atoms with E-state index >= 15 is 0 Å². The molecular formula is C20H29N5O2. The minimum atomic E-state index is 0.0802. The molecule has 1 amide bonds.